The lowest BCUT2D eigenvalue weighted by Crippen LogP contribution is -2.47. The highest BCUT2D eigenvalue weighted by Gasteiger charge is 2.33. The van der Waals surface area contributed by atoms with Gasteiger partial charge in [-0.1, -0.05) is 6.92 Å². The molecule has 1 aromatic carbocycles. The van der Waals surface area contributed by atoms with E-state index < -0.39 is 0 Å². The van der Waals surface area contributed by atoms with Gasteiger partial charge < -0.3 is 19.7 Å². The molecule has 2 fully saturated rings. The second kappa shape index (κ2) is 5.47. The van der Waals surface area contributed by atoms with Crippen LogP contribution in [-0.4, -0.2) is 42.8 Å². The summed E-state index contributed by atoms with van der Waals surface area (Å²) in [5.74, 6) is 2.14. The number of rotatable bonds is 3. The van der Waals surface area contributed by atoms with E-state index in [2.05, 4.69) is 10.2 Å². The zero-order chi connectivity index (χ0) is 15.1. The Labute approximate surface area is 130 Å². The summed E-state index contributed by atoms with van der Waals surface area (Å²) in [6.45, 7) is 5.37. The van der Waals surface area contributed by atoms with E-state index in [1.54, 1.807) is 6.07 Å². The number of hydrogen-bond donors (Lipinski definition) is 1. The maximum Gasteiger partial charge on any atom is 0.251 e. The molecule has 1 amide bonds. The van der Waals surface area contributed by atoms with Crippen molar-refractivity contribution < 1.29 is 14.3 Å². The summed E-state index contributed by atoms with van der Waals surface area (Å²) in [5.41, 5.74) is 0.645. The van der Waals surface area contributed by atoms with Gasteiger partial charge in [-0.2, -0.15) is 0 Å². The number of ether oxygens (including phenoxy) is 2. The van der Waals surface area contributed by atoms with Crippen molar-refractivity contribution in [3.63, 3.8) is 0 Å². The Hall–Kier alpha value is -1.75. The molecule has 0 aliphatic carbocycles. The molecule has 5 nitrogen and oxygen atoms in total. The van der Waals surface area contributed by atoms with E-state index in [-0.39, 0.29) is 18.2 Å². The van der Waals surface area contributed by atoms with Crippen LogP contribution in [0.4, 0.5) is 0 Å². The van der Waals surface area contributed by atoms with Crippen molar-refractivity contribution in [2.24, 2.45) is 5.92 Å². The van der Waals surface area contributed by atoms with Gasteiger partial charge in [0.1, 0.15) is 0 Å². The first kappa shape index (κ1) is 13.9. The number of amides is 1. The third-order valence-corrected chi connectivity index (χ3v) is 4.86. The Balaban J connectivity index is 1.43. The molecule has 2 saturated heterocycles. The smallest absolute Gasteiger partial charge is 0.251 e. The fraction of sp³-hybridized carbons (Fsp3) is 0.588. The predicted molar refractivity (Wildman–Crippen MR) is 82.2 cm³/mol. The summed E-state index contributed by atoms with van der Waals surface area (Å²) >= 11 is 0. The number of fused-ring (bicyclic) bond motifs is 3. The minimum atomic E-state index is -0.227. The van der Waals surface area contributed by atoms with Crippen LogP contribution in [0.1, 0.15) is 36.5 Å². The molecule has 5 heteroatoms. The molecule has 0 saturated carbocycles. The van der Waals surface area contributed by atoms with Crippen molar-refractivity contribution >= 4 is 5.91 Å². The molecule has 3 aliphatic heterocycles. The van der Waals surface area contributed by atoms with Gasteiger partial charge >= 0.3 is 0 Å². The number of carbonyl (C=O) groups excluding carboxylic acids is 1. The van der Waals surface area contributed by atoms with Crippen LogP contribution in [0.5, 0.6) is 11.5 Å². The van der Waals surface area contributed by atoms with E-state index in [4.69, 9.17) is 9.47 Å². The average Bonchev–Trinajstić information content (AvgIpc) is 3.09. The van der Waals surface area contributed by atoms with Gasteiger partial charge in [0.05, 0.1) is 0 Å². The molecular weight excluding hydrogens is 280 g/mol. The zero-order valence-electron chi connectivity index (χ0n) is 12.9. The summed E-state index contributed by atoms with van der Waals surface area (Å²) in [6, 6.07) is 5.70. The second-order valence-corrected chi connectivity index (χ2v) is 6.56. The largest absolute Gasteiger partial charge is 0.451 e. The van der Waals surface area contributed by atoms with E-state index in [0.29, 0.717) is 11.3 Å². The molecule has 1 N–H and O–H groups in total. The normalized spacial score (nSPS) is 32.0. The standard InChI is InChI=1S/C17H22N2O3/c1-2-16-21-14-4-3-12(8-15(14)22-16)17(20)18-13-7-11-5-6-19(9-11)10-13/h3-4,8,11,13,16H,2,5-7,9-10H2,1H3,(H,18,20)/t11-,13+,16?/m0/s1. The van der Waals surface area contributed by atoms with Crippen molar-refractivity contribution in [2.45, 2.75) is 38.5 Å². The Morgan fingerprint density at radius 1 is 1.32 bits per heavy atom. The highest BCUT2D eigenvalue weighted by molar-refractivity contribution is 5.95. The van der Waals surface area contributed by atoms with Crippen LogP contribution in [0.3, 0.4) is 0 Å². The lowest BCUT2D eigenvalue weighted by molar-refractivity contribution is 0.0464. The molecule has 0 aromatic heterocycles. The van der Waals surface area contributed by atoms with Gasteiger partial charge in [-0.05, 0) is 43.5 Å². The zero-order valence-corrected chi connectivity index (χ0v) is 12.9. The lowest BCUT2D eigenvalue weighted by atomic mass is 9.96. The summed E-state index contributed by atoms with van der Waals surface area (Å²) in [6.07, 6.45) is 2.93. The SMILES string of the molecule is CCC1Oc2ccc(C(=O)N[C@@H]3C[C@@H]4CCN(C4)C3)cc2O1. The summed E-state index contributed by atoms with van der Waals surface area (Å²) in [4.78, 5) is 14.9. The molecule has 1 aromatic rings. The molecular formula is C17H22N2O3. The fourth-order valence-electron chi connectivity index (χ4n) is 3.75. The van der Waals surface area contributed by atoms with Crippen molar-refractivity contribution in [1.82, 2.24) is 10.2 Å². The molecule has 0 radical (unpaired) electrons. The van der Waals surface area contributed by atoms with Crippen LogP contribution in [-0.2, 0) is 0 Å². The van der Waals surface area contributed by atoms with Gasteiger partial charge in [0.2, 0.25) is 6.29 Å². The molecule has 4 atom stereocenters. The molecule has 118 valence electrons. The average molecular weight is 302 g/mol. The first-order valence-corrected chi connectivity index (χ1v) is 8.22. The van der Waals surface area contributed by atoms with E-state index in [9.17, 15) is 4.79 Å². The van der Waals surface area contributed by atoms with Crippen LogP contribution < -0.4 is 14.8 Å². The number of nitrogens with one attached hydrogen (secondary N) is 1. The number of piperidine rings is 1. The number of benzene rings is 1. The van der Waals surface area contributed by atoms with Gasteiger partial charge in [-0.25, -0.2) is 0 Å². The summed E-state index contributed by atoms with van der Waals surface area (Å²) in [7, 11) is 0. The lowest BCUT2D eigenvalue weighted by Gasteiger charge is -2.30. The van der Waals surface area contributed by atoms with Gasteiger partial charge in [0.25, 0.3) is 5.91 Å². The van der Waals surface area contributed by atoms with Crippen LogP contribution in [0.2, 0.25) is 0 Å². The molecule has 3 heterocycles. The van der Waals surface area contributed by atoms with Gasteiger partial charge in [0.15, 0.2) is 11.5 Å². The topological polar surface area (TPSA) is 50.8 Å². The quantitative estimate of drug-likeness (QED) is 0.928. The third-order valence-electron chi connectivity index (χ3n) is 4.86. The van der Waals surface area contributed by atoms with Gasteiger partial charge in [-0.15, -0.1) is 0 Å². The highest BCUT2D eigenvalue weighted by Crippen LogP contribution is 2.36. The molecule has 22 heavy (non-hydrogen) atoms. The van der Waals surface area contributed by atoms with E-state index >= 15 is 0 Å². The summed E-state index contributed by atoms with van der Waals surface area (Å²) in [5, 5.41) is 3.18. The molecule has 2 bridgehead atoms. The molecule has 2 unspecified atom stereocenters. The summed E-state index contributed by atoms with van der Waals surface area (Å²) < 4.78 is 11.3. The molecule has 3 aliphatic rings. The molecule has 4 rings (SSSR count). The van der Waals surface area contributed by atoms with Crippen molar-refractivity contribution in [3.8, 4) is 11.5 Å². The predicted octanol–water partition coefficient (Wildman–Crippen LogP) is 2.02. The Kier molecular flexibility index (Phi) is 3.45. The Bertz CT molecular complexity index is 577. The van der Waals surface area contributed by atoms with E-state index in [1.807, 2.05) is 19.1 Å². The monoisotopic (exact) mass is 302 g/mol. The first-order valence-electron chi connectivity index (χ1n) is 8.22. The number of carbonyl (C=O) groups is 1. The minimum Gasteiger partial charge on any atom is -0.451 e. The number of hydrogen-bond acceptors (Lipinski definition) is 4. The van der Waals surface area contributed by atoms with E-state index in [0.717, 1.165) is 31.1 Å². The Morgan fingerprint density at radius 3 is 3.00 bits per heavy atom. The van der Waals surface area contributed by atoms with Crippen molar-refractivity contribution in [2.75, 3.05) is 19.6 Å². The van der Waals surface area contributed by atoms with Crippen molar-refractivity contribution in [3.05, 3.63) is 23.8 Å². The second-order valence-electron chi connectivity index (χ2n) is 6.56. The minimum absolute atomic E-state index is 0.0150. The van der Waals surface area contributed by atoms with Gasteiger partial charge in [0, 0.05) is 31.1 Å². The maximum absolute atomic E-state index is 12.5. The van der Waals surface area contributed by atoms with Crippen LogP contribution in [0, 0.1) is 5.92 Å². The maximum atomic E-state index is 12.5. The molecule has 0 spiro atoms. The van der Waals surface area contributed by atoms with Crippen molar-refractivity contribution in [1.29, 1.82) is 0 Å². The van der Waals surface area contributed by atoms with Crippen LogP contribution in [0.25, 0.3) is 0 Å². The first-order chi connectivity index (χ1) is 10.7. The van der Waals surface area contributed by atoms with Crippen LogP contribution >= 0.6 is 0 Å². The van der Waals surface area contributed by atoms with Gasteiger partial charge in [-0.3, -0.25) is 4.79 Å². The fourth-order valence-corrected chi connectivity index (χ4v) is 3.75. The Morgan fingerprint density at radius 2 is 2.18 bits per heavy atom. The van der Waals surface area contributed by atoms with E-state index in [1.165, 1.54) is 19.5 Å². The third kappa shape index (κ3) is 2.54. The highest BCUT2D eigenvalue weighted by atomic mass is 16.7. The van der Waals surface area contributed by atoms with Crippen LogP contribution in [0.15, 0.2) is 18.2 Å². The number of nitrogens with zero attached hydrogens (tertiary/aromatic N) is 1.